The van der Waals surface area contributed by atoms with Crippen molar-refractivity contribution in [2.45, 2.75) is 30.8 Å². The molecule has 4 rings (SSSR count). The van der Waals surface area contributed by atoms with Gasteiger partial charge in [0.15, 0.2) is 10.8 Å². The van der Waals surface area contributed by atoms with E-state index in [4.69, 9.17) is 0 Å². The molecular formula is C23H21FN4OS. The molecule has 0 saturated carbocycles. The largest absolute Gasteiger partial charge is 0.325 e. The van der Waals surface area contributed by atoms with Crippen LogP contribution in [0.5, 0.6) is 0 Å². The monoisotopic (exact) mass is 420 g/mol. The van der Waals surface area contributed by atoms with Crippen LogP contribution >= 0.6 is 11.8 Å². The summed E-state index contributed by atoms with van der Waals surface area (Å²) in [4.78, 5) is 21.7. The fraction of sp³-hybridized carbons (Fsp3) is 0.174. The average Bonchev–Trinajstić information content (AvgIpc) is 3.10. The maximum Gasteiger partial charge on any atom is 0.244 e. The van der Waals surface area contributed by atoms with Crippen molar-refractivity contribution < 1.29 is 9.18 Å². The van der Waals surface area contributed by atoms with Crippen molar-refractivity contribution in [3.63, 3.8) is 0 Å². The van der Waals surface area contributed by atoms with Gasteiger partial charge in [0.1, 0.15) is 17.9 Å². The number of benzene rings is 2. The molecule has 1 amide bonds. The standard InChI is InChI=1S/C23H21FN4OS/c1-2-16-7-5-9-18(13-16)26-21(29)14-28-22-20(11-6-12-25-22)27-23(28)30-15-17-8-3-4-10-19(17)24/h3-13H,2,14-15H2,1H3,(H,26,29). The van der Waals surface area contributed by atoms with E-state index in [2.05, 4.69) is 22.2 Å². The number of thioether (sulfide) groups is 1. The number of rotatable bonds is 7. The van der Waals surface area contributed by atoms with Crippen LogP contribution in [0.2, 0.25) is 0 Å². The number of carbonyl (C=O) groups excluding carboxylic acids is 1. The van der Waals surface area contributed by atoms with Crippen LogP contribution in [0.1, 0.15) is 18.1 Å². The van der Waals surface area contributed by atoms with Crippen molar-refractivity contribution in [1.29, 1.82) is 0 Å². The third kappa shape index (κ3) is 4.52. The highest BCUT2D eigenvalue weighted by Gasteiger charge is 2.16. The molecule has 0 atom stereocenters. The summed E-state index contributed by atoms with van der Waals surface area (Å²) < 4.78 is 15.8. The van der Waals surface area contributed by atoms with Crippen LogP contribution < -0.4 is 5.32 Å². The van der Waals surface area contributed by atoms with Crippen molar-refractivity contribution in [3.05, 3.63) is 83.8 Å². The zero-order chi connectivity index (χ0) is 20.9. The van der Waals surface area contributed by atoms with Crippen LogP contribution in [-0.4, -0.2) is 20.4 Å². The molecule has 7 heteroatoms. The summed E-state index contributed by atoms with van der Waals surface area (Å²) in [5.74, 6) is -0.00355. The third-order valence-corrected chi connectivity index (χ3v) is 5.73. The number of halogens is 1. The second-order valence-electron chi connectivity index (χ2n) is 6.81. The van der Waals surface area contributed by atoms with Gasteiger partial charge in [0.05, 0.1) is 0 Å². The number of aromatic nitrogens is 3. The minimum atomic E-state index is -0.251. The second kappa shape index (κ2) is 9.09. The van der Waals surface area contributed by atoms with Gasteiger partial charge < -0.3 is 5.32 Å². The van der Waals surface area contributed by atoms with Gasteiger partial charge in [0.25, 0.3) is 0 Å². The number of aryl methyl sites for hydroxylation is 1. The number of pyridine rings is 1. The molecule has 0 bridgehead atoms. The molecular weight excluding hydrogens is 399 g/mol. The van der Waals surface area contributed by atoms with E-state index in [0.29, 0.717) is 27.6 Å². The van der Waals surface area contributed by atoms with E-state index in [1.54, 1.807) is 35.0 Å². The van der Waals surface area contributed by atoms with Crippen molar-refractivity contribution in [1.82, 2.24) is 14.5 Å². The second-order valence-corrected chi connectivity index (χ2v) is 7.75. The SMILES string of the molecule is CCc1cccc(NC(=O)Cn2c(SCc3ccccc3F)nc3cccnc32)c1. The average molecular weight is 421 g/mol. The summed E-state index contributed by atoms with van der Waals surface area (Å²) in [6.07, 6.45) is 2.57. The van der Waals surface area contributed by atoms with Gasteiger partial charge in [-0.25, -0.2) is 14.4 Å². The minimum absolute atomic E-state index is 0.0729. The Hall–Kier alpha value is -3.19. The quantitative estimate of drug-likeness (QED) is 0.425. The van der Waals surface area contributed by atoms with Crippen molar-refractivity contribution in [3.8, 4) is 0 Å². The van der Waals surface area contributed by atoms with Gasteiger partial charge in [0.2, 0.25) is 5.91 Å². The van der Waals surface area contributed by atoms with Gasteiger partial charge in [-0.05, 0) is 47.9 Å². The lowest BCUT2D eigenvalue weighted by atomic mass is 10.1. The Balaban J connectivity index is 1.56. The Morgan fingerprint density at radius 1 is 1.13 bits per heavy atom. The number of amides is 1. The van der Waals surface area contributed by atoms with Gasteiger partial charge in [-0.2, -0.15) is 0 Å². The number of hydrogen-bond acceptors (Lipinski definition) is 4. The Labute approximate surface area is 178 Å². The summed E-state index contributed by atoms with van der Waals surface area (Å²) in [6.45, 7) is 2.15. The fourth-order valence-electron chi connectivity index (χ4n) is 3.16. The number of imidazole rings is 1. The van der Waals surface area contributed by atoms with Gasteiger partial charge in [-0.3, -0.25) is 9.36 Å². The first-order valence-electron chi connectivity index (χ1n) is 9.70. The van der Waals surface area contributed by atoms with E-state index in [1.165, 1.54) is 17.8 Å². The summed E-state index contributed by atoms with van der Waals surface area (Å²) in [7, 11) is 0. The number of nitrogens with zero attached hydrogens (tertiary/aromatic N) is 3. The molecule has 0 fully saturated rings. The van der Waals surface area contributed by atoms with Crippen LogP contribution in [0.4, 0.5) is 10.1 Å². The molecule has 1 N–H and O–H groups in total. The van der Waals surface area contributed by atoms with Crippen LogP contribution in [0, 0.1) is 5.82 Å². The van der Waals surface area contributed by atoms with Crippen LogP contribution in [0.3, 0.4) is 0 Å². The molecule has 2 heterocycles. The molecule has 0 aliphatic rings. The van der Waals surface area contributed by atoms with E-state index in [-0.39, 0.29) is 18.3 Å². The highest BCUT2D eigenvalue weighted by Crippen LogP contribution is 2.27. The topological polar surface area (TPSA) is 59.8 Å². The normalized spacial score (nSPS) is 11.0. The molecule has 0 aliphatic carbocycles. The number of nitrogens with one attached hydrogen (secondary N) is 1. The molecule has 0 spiro atoms. The molecule has 2 aromatic carbocycles. The Morgan fingerprint density at radius 2 is 2.00 bits per heavy atom. The summed E-state index contributed by atoms with van der Waals surface area (Å²) in [5, 5.41) is 3.57. The lowest BCUT2D eigenvalue weighted by Crippen LogP contribution is -2.19. The van der Waals surface area contributed by atoms with Crippen LogP contribution in [0.25, 0.3) is 11.2 Å². The summed E-state index contributed by atoms with van der Waals surface area (Å²) >= 11 is 1.39. The van der Waals surface area contributed by atoms with Gasteiger partial charge in [0, 0.05) is 17.6 Å². The van der Waals surface area contributed by atoms with Gasteiger partial charge in [-0.1, -0.05) is 49.0 Å². The fourth-order valence-corrected chi connectivity index (χ4v) is 4.15. The van der Waals surface area contributed by atoms with E-state index >= 15 is 0 Å². The van der Waals surface area contributed by atoms with E-state index in [9.17, 15) is 9.18 Å². The maximum absolute atomic E-state index is 14.0. The highest BCUT2D eigenvalue weighted by molar-refractivity contribution is 7.98. The molecule has 30 heavy (non-hydrogen) atoms. The van der Waals surface area contributed by atoms with E-state index < -0.39 is 0 Å². The predicted molar refractivity (Wildman–Crippen MR) is 118 cm³/mol. The van der Waals surface area contributed by atoms with E-state index in [0.717, 1.165) is 17.7 Å². The lowest BCUT2D eigenvalue weighted by molar-refractivity contribution is -0.116. The van der Waals surface area contributed by atoms with E-state index in [1.807, 2.05) is 30.3 Å². The molecule has 0 aliphatic heterocycles. The van der Waals surface area contributed by atoms with Gasteiger partial charge in [-0.15, -0.1) is 0 Å². The Kier molecular flexibility index (Phi) is 6.09. The molecule has 2 aromatic heterocycles. The molecule has 0 radical (unpaired) electrons. The molecule has 152 valence electrons. The van der Waals surface area contributed by atoms with Crippen LogP contribution in [-0.2, 0) is 23.5 Å². The molecule has 0 saturated heterocycles. The number of carbonyl (C=O) groups is 1. The summed E-state index contributed by atoms with van der Waals surface area (Å²) in [6, 6.07) is 18.1. The maximum atomic E-state index is 14.0. The first kappa shape index (κ1) is 20.1. The molecule has 4 aromatic rings. The summed E-state index contributed by atoms with van der Waals surface area (Å²) in [5.41, 5.74) is 3.84. The lowest BCUT2D eigenvalue weighted by Gasteiger charge is -2.10. The van der Waals surface area contributed by atoms with Crippen LogP contribution in [0.15, 0.2) is 72.0 Å². The number of fused-ring (bicyclic) bond motifs is 1. The predicted octanol–water partition coefficient (Wildman–Crippen LogP) is 5.06. The zero-order valence-corrected chi connectivity index (χ0v) is 17.3. The zero-order valence-electron chi connectivity index (χ0n) is 16.5. The minimum Gasteiger partial charge on any atom is -0.325 e. The first-order chi connectivity index (χ1) is 14.6. The van der Waals surface area contributed by atoms with Crippen molar-refractivity contribution in [2.75, 3.05) is 5.32 Å². The Morgan fingerprint density at radius 3 is 2.83 bits per heavy atom. The molecule has 5 nitrogen and oxygen atoms in total. The molecule has 0 unspecified atom stereocenters. The number of hydrogen-bond donors (Lipinski definition) is 1. The smallest absolute Gasteiger partial charge is 0.244 e. The Bertz CT molecular complexity index is 1190. The van der Waals surface area contributed by atoms with Crippen molar-refractivity contribution >= 4 is 34.5 Å². The van der Waals surface area contributed by atoms with Gasteiger partial charge >= 0.3 is 0 Å². The highest BCUT2D eigenvalue weighted by atomic mass is 32.2. The number of anilines is 1. The first-order valence-corrected chi connectivity index (χ1v) is 10.7. The van der Waals surface area contributed by atoms with Crippen molar-refractivity contribution in [2.24, 2.45) is 0 Å². The third-order valence-electron chi connectivity index (χ3n) is 4.70.